The van der Waals surface area contributed by atoms with Gasteiger partial charge >= 0.3 is 0 Å². The molecule has 0 aliphatic heterocycles. The summed E-state index contributed by atoms with van der Waals surface area (Å²) in [6, 6.07) is 13.5. The second-order valence-electron chi connectivity index (χ2n) is 5.27. The van der Waals surface area contributed by atoms with Gasteiger partial charge in [0.1, 0.15) is 12.4 Å². The van der Waals surface area contributed by atoms with Crippen LogP contribution in [0.15, 0.2) is 42.5 Å². The molecule has 0 aromatic heterocycles. The fourth-order valence-electron chi connectivity index (χ4n) is 2.19. The molecule has 2 rings (SSSR count). The van der Waals surface area contributed by atoms with Gasteiger partial charge < -0.3 is 15.4 Å². The summed E-state index contributed by atoms with van der Waals surface area (Å²) in [5.41, 5.74) is 2.00. The molecular weight excluding hydrogens is 331 g/mol. The highest BCUT2D eigenvalue weighted by Gasteiger charge is 2.06. The molecule has 0 bridgehead atoms. The van der Waals surface area contributed by atoms with Crippen molar-refractivity contribution in [2.45, 2.75) is 19.6 Å². The Balaban J connectivity index is 1.87. The number of halogens is 2. The van der Waals surface area contributed by atoms with Gasteiger partial charge in [0.2, 0.25) is 0 Å². The van der Waals surface area contributed by atoms with E-state index < -0.39 is 0 Å². The lowest BCUT2D eigenvalue weighted by Crippen LogP contribution is -2.19. The largest absolute Gasteiger partial charge is 0.489 e. The molecule has 5 heteroatoms. The maximum atomic E-state index is 6.16. The highest BCUT2D eigenvalue weighted by atomic mass is 35.5. The molecule has 3 nitrogen and oxygen atoms in total. The van der Waals surface area contributed by atoms with Gasteiger partial charge in [0, 0.05) is 22.2 Å². The summed E-state index contributed by atoms with van der Waals surface area (Å²) in [6.07, 6.45) is 1.11. The zero-order valence-corrected chi connectivity index (χ0v) is 14.8. The highest BCUT2D eigenvalue weighted by molar-refractivity contribution is 6.35. The van der Waals surface area contributed by atoms with Crippen LogP contribution in [0.3, 0.4) is 0 Å². The van der Waals surface area contributed by atoms with Crippen molar-refractivity contribution in [2.24, 2.45) is 0 Å². The second-order valence-corrected chi connectivity index (χ2v) is 6.08. The minimum Gasteiger partial charge on any atom is -0.489 e. The van der Waals surface area contributed by atoms with Crippen LogP contribution in [-0.4, -0.2) is 20.1 Å². The first kappa shape index (κ1) is 18.1. The van der Waals surface area contributed by atoms with Crippen molar-refractivity contribution in [3.05, 3.63) is 63.6 Å². The van der Waals surface area contributed by atoms with E-state index in [0.29, 0.717) is 16.7 Å². The number of hydrogen-bond donors (Lipinski definition) is 2. The van der Waals surface area contributed by atoms with Gasteiger partial charge in [-0.2, -0.15) is 0 Å². The molecule has 2 aromatic carbocycles. The average molecular weight is 353 g/mol. The molecule has 2 N–H and O–H groups in total. The molecule has 0 unspecified atom stereocenters. The lowest BCUT2D eigenvalue weighted by Gasteiger charge is -2.11. The lowest BCUT2D eigenvalue weighted by atomic mass is 10.2. The predicted molar refractivity (Wildman–Crippen MR) is 97.5 cm³/mol. The van der Waals surface area contributed by atoms with Gasteiger partial charge in [0.15, 0.2) is 0 Å². The van der Waals surface area contributed by atoms with E-state index >= 15 is 0 Å². The Hall–Kier alpha value is -1.26. The zero-order chi connectivity index (χ0) is 16.5. The summed E-state index contributed by atoms with van der Waals surface area (Å²) in [5, 5.41) is 7.80. The van der Waals surface area contributed by atoms with Crippen LogP contribution in [0.5, 0.6) is 5.75 Å². The third kappa shape index (κ3) is 6.04. The first-order valence-electron chi connectivity index (χ1n) is 7.70. The standard InChI is InChI=1S/C18H22Cl2N2O/c1-21-9-4-10-22-12-14-5-2-6-15(11-14)23-13-16-17(19)7-3-8-18(16)20/h2-3,5-8,11,21-22H,4,9-10,12-13H2,1H3. The fraction of sp³-hybridized carbons (Fsp3) is 0.333. The number of nitrogens with one attached hydrogen (secondary N) is 2. The topological polar surface area (TPSA) is 33.3 Å². The van der Waals surface area contributed by atoms with Gasteiger partial charge in [0.05, 0.1) is 0 Å². The van der Waals surface area contributed by atoms with Crippen molar-refractivity contribution < 1.29 is 4.74 Å². The monoisotopic (exact) mass is 352 g/mol. The lowest BCUT2D eigenvalue weighted by molar-refractivity contribution is 0.306. The Morgan fingerprint density at radius 3 is 2.48 bits per heavy atom. The first-order valence-corrected chi connectivity index (χ1v) is 8.46. The van der Waals surface area contributed by atoms with Crippen molar-refractivity contribution in [2.75, 3.05) is 20.1 Å². The molecule has 0 heterocycles. The van der Waals surface area contributed by atoms with Crippen LogP contribution in [0.4, 0.5) is 0 Å². The van der Waals surface area contributed by atoms with Crippen molar-refractivity contribution in [3.63, 3.8) is 0 Å². The summed E-state index contributed by atoms with van der Waals surface area (Å²) in [6.45, 7) is 3.20. The molecule has 0 saturated heterocycles. The SMILES string of the molecule is CNCCCNCc1cccc(OCc2c(Cl)cccc2Cl)c1. The summed E-state index contributed by atoms with van der Waals surface area (Å²) in [4.78, 5) is 0. The molecule has 0 atom stereocenters. The molecule has 0 spiro atoms. The van der Waals surface area contributed by atoms with E-state index in [0.717, 1.165) is 37.4 Å². The Morgan fingerprint density at radius 1 is 1.00 bits per heavy atom. The van der Waals surface area contributed by atoms with Crippen LogP contribution in [0.25, 0.3) is 0 Å². The van der Waals surface area contributed by atoms with Crippen LogP contribution >= 0.6 is 23.2 Å². The average Bonchev–Trinajstić information content (AvgIpc) is 2.55. The quantitative estimate of drug-likeness (QED) is 0.661. The molecule has 0 aliphatic rings. The molecule has 0 fully saturated rings. The second kappa shape index (κ2) is 9.78. The maximum absolute atomic E-state index is 6.16. The molecule has 0 saturated carbocycles. The number of ether oxygens (including phenoxy) is 1. The summed E-state index contributed by atoms with van der Waals surface area (Å²) < 4.78 is 5.83. The Labute approximate surface area is 147 Å². The van der Waals surface area contributed by atoms with Crippen molar-refractivity contribution in [1.82, 2.24) is 10.6 Å². The van der Waals surface area contributed by atoms with E-state index in [1.807, 2.05) is 43.4 Å². The molecule has 0 aliphatic carbocycles. The zero-order valence-electron chi connectivity index (χ0n) is 13.2. The smallest absolute Gasteiger partial charge is 0.120 e. The van der Waals surface area contributed by atoms with E-state index in [1.165, 1.54) is 5.56 Å². The van der Waals surface area contributed by atoms with Gasteiger partial charge in [-0.25, -0.2) is 0 Å². The third-order valence-electron chi connectivity index (χ3n) is 3.45. The molecule has 0 amide bonds. The van der Waals surface area contributed by atoms with Crippen LogP contribution < -0.4 is 15.4 Å². The van der Waals surface area contributed by atoms with Gasteiger partial charge in [0.25, 0.3) is 0 Å². The predicted octanol–water partition coefficient (Wildman–Crippen LogP) is 4.27. The van der Waals surface area contributed by atoms with Gasteiger partial charge in [-0.05, 0) is 56.4 Å². The van der Waals surface area contributed by atoms with E-state index in [2.05, 4.69) is 16.7 Å². The van der Waals surface area contributed by atoms with Gasteiger partial charge in [-0.1, -0.05) is 41.4 Å². The van der Waals surface area contributed by atoms with Crippen LogP contribution in [0.2, 0.25) is 10.0 Å². The molecule has 23 heavy (non-hydrogen) atoms. The molecule has 2 aromatic rings. The Morgan fingerprint density at radius 2 is 1.74 bits per heavy atom. The van der Waals surface area contributed by atoms with Crippen LogP contribution in [0, 0.1) is 0 Å². The third-order valence-corrected chi connectivity index (χ3v) is 4.16. The van der Waals surface area contributed by atoms with E-state index in [4.69, 9.17) is 27.9 Å². The summed E-state index contributed by atoms with van der Waals surface area (Å²) >= 11 is 12.3. The Kier molecular flexibility index (Phi) is 7.69. The summed E-state index contributed by atoms with van der Waals surface area (Å²) in [7, 11) is 1.96. The maximum Gasteiger partial charge on any atom is 0.120 e. The molecule has 0 radical (unpaired) electrons. The Bertz CT molecular complexity index is 599. The van der Waals surface area contributed by atoms with Crippen molar-refractivity contribution >= 4 is 23.2 Å². The van der Waals surface area contributed by atoms with Crippen LogP contribution in [-0.2, 0) is 13.2 Å². The minimum atomic E-state index is 0.359. The van der Waals surface area contributed by atoms with Gasteiger partial charge in [-0.3, -0.25) is 0 Å². The summed E-state index contributed by atoms with van der Waals surface area (Å²) in [5.74, 6) is 0.815. The highest BCUT2D eigenvalue weighted by Crippen LogP contribution is 2.26. The minimum absolute atomic E-state index is 0.359. The van der Waals surface area contributed by atoms with Crippen molar-refractivity contribution in [1.29, 1.82) is 0 Å². The normalized spacial score (nSPS) is 10.7. The van der Waals surface area contributed by atoms with Crippen LogP contribution in [0.1, 0.15) is 17.5 Å². The van der Waals surface area contributed by atoms with E-state index in [1.54, 1.807) is 0 Å². The molecular formula is C18H22Cl2N2O. The first-order chi connectivity index (χ1) is 11.2. The molecule has 124 valence electrons. The number of rotatable bonds is 9. The van der Waals surface area contributed by atoms with Crippen molar-refractivity contribution in [3.8, 4) is 5.75 Å². The number of benzene rings is 2. The number of hydrogen-bond acceptors (Lipinski definition) is 3. The fourth-order valence-corrected chi connectivity index (χ4v) is 2.70. The van der Waals surface area contributed by atoms with E-state index in [-0.39, 0.29) is 0 Å². The van der Waals surface area contributed by atoms with E-state index in [9.17, 15) is 0 Å². The van der Waals surface area contributed by atoms with Gasteiger partial charge in [-0.15, -0.1) is 0 Å².